The van der Waals surface area contributed by atoms with E-state index in [1.54, 1.807) is 22.0 Å². The van der Waals surface area contributed by atoms with Crippen LogP contribution in [0, 0.1) is 25.7 Å². The van der Waals surface area contributed by atoms with Gasteiger partial charge in [-0.3, -0.25) is 14.4 Å². The highest BCUT2D eigenvalue weighted by atomic mass is 16.5. The van der Waals surface area contributed by atoms with Crippen molar-refractivity contribution >= 4 is 29.1 Å². The van der Waals surface area contributed by atoms with Gasteiger partial charge < -0.3 is 24.5 Å². The Morgan fingerprint density at radius 2 is 1.60 bits per heavy atom. The summed E-state index contributed by atoms with van der Waals surface area (Å²) in [7, 11) is 0. The standard InChI is InChI=1S/C39H43N3O5/c1-6-22-40(29-16-12-9-13-17-29)35(44)32-33-36(45)42(31(25-43)28-14-10-8-11-15-28)34(39(33)21-20-38(32,5)47-39)37(46)41(23-7-2)30-24-26(3)18-19-27(30)4/h6-19,24,31-34,43H,1-2,20-23,25H2,3-5H3/t31-,32+,33+,34?,38-,39?/m1/s1. The molecule has 3 aliphatic rings. The van der Waals surface area contributed by atoms with Gasteiger partial charge in [0, 0.05) is 24.5 Å². The summed E-state index contributed by atoms with van der Waals surface area (Å²) in [6.45, 7) is 13.7. The van der Waals surface area contributed by atoms with Crippen LogP contribution in [0.5, 0.6) is 0 Å². The summed E-state index contributed by atoms with van der Waals surface area (Å²) in [6.07, 6.45) is 4.26. The summed E-state index contributed by atoms with van der Waals surface area (Å²) in [5.41, 5.74) is 1.74. The Kier molecular flexibility index (Phi) is 8.68. The van der Waals surface area contributed by atoms with Crippen molar-refractivity contribution in [2.24, 2.45) is 11.8 Å². The molecule has 8 heteroatoms. The number of hydrogen-bond donors (Lipinski definition) is 1. The molecule has 6 atom stereocenters. The van der Waals surface area contributed by atoms with Crippen LogP contribution in [0.25, 0.3) is 0 Å². The van der Waals surface area contributed by atoms with Gasteiger partial charge in [-0.1, -0.05) is 72.8 Å². The van der Waals surface area contributed by atoms with Crippen LogP contribution in [0.2, 0.25) is 0 Å². The molecule has 6 rings (SSSR count). The number of carbonyl (C=O) groups excluding carboxylic acids is 3. The molecule has 3 amide bonds. The molecule has 1 spiro atoms. The highest BCUT2D eigenvalue weighted by Gasteiger charge is 2.79. The number of carbonyl (C=O) groups is 3. The molecule has 2 bridgehead atoms. The SMILES string of the molecule is C=CCN(C(=O)[C@@H]1[C@H]2C(=O)N([C@H](CO)c3ccccc3)C(C(=O)N(CC=C)c3cc(C)ccc3C)C23CC[C@@]1(C)O3)c1ccccc1. The van der Waals surface area contributed by atoms with Gasteiger partial charge in [-0.05, 0) is 68.5 Å². The minimum atomic E-state index is -1.28. The van der Waals surface area contributed by atoms with Crippen molar-refractivity contribution in [2.75, 3.05) is 29.5 Å². The van der Waals surface area contributed by atoms with Gasteiger partial charge >= 0.3 is 0 Å². The Bertz CT molecular complexity index is 1690. The van der Waals surface area contributed by atoms with Crippen molar-refractivity contribution in [1.82, 2.24) is 4.90 Å². The minimum Gasteiger partial charge on any atom is -0.394 e. The largest absolute Gasteiger partial charge is 0.394 e. The van der Waals surface area contributed by atoms with E-state index in [4.69, 9.17) is 4.74 Å². The molecule has 3 heterocycles. The van der Waals surface area contributed by atoms with Crippen molar-refractivity contribution in [3.8, 4) is 0 Å². The van der Waals surface area contributed by atoms with Crippen LogP contribution < -0.4 is 9.80 Å². The third kappa shape index (κ3) is 5.20. The van der Waals surface area contributed by atoms with Crippen molar-refractivity contribution < 1.29 is 24.2 Å². The molecule has 3 aromatic carbocycles. The Balaban J connectivity index is 1.52. The Hall–Kier alpha value is -4.53. The van der Waals surface area contributed by atoms with E-state index in [0.717, 1.165) is 16.8 Å². The summed E-state index contributed by atoms with van der Waals surface area (Å²) >= 11 is 0. The number of aryl methyl sites for hydroxylation is 2. The summed E-state index contributed by atoms with van der Waals surface area (Å²) in [4.78, 5) is 49.8. The molecule has 0 saturated carbocycles. The fraction of sp³-hybridized carbons (Fsp3) is 0.359. The lowest BCUT2D eigenvalue weighted by molar-refractivity contribution is -0.148. The topological polar surface area (TPSA) is 90.4 Å². The number of likely N-dealkylation sites (tertiary alicyclic amines) is 1. The molecule has 47 heavy (non-hydrogen) atoms. The fourth-order valence-electron chi connectivity index (χ4n) is 8.21. The van der Waals surface area contributed by atoms with Crippen LogP contribution in [0.4, 0.5) is 11.4 Å². The number of aliphatic hydroxyl groups excluding tert-OH is 1. The van der Waals surface area contributed by atoms with Gasteiger partial charge in [-0.2, -0.15) is 0 Å². The van der Waals surface area contributed by atoms with Crippen LogP contribution in [0.3, 0.4) is 0 Å². The van der Waals surface area contributed by atoms with Gasteiger partial charge in [0.25, 0.3) is 5.91 Å². The van der Waals surface area contributed by atoms with Gasteiger partial charge in [-0.15, -0.1) is 13.2 Å². The molecule has 2 unspecified atom stereocenters. The summed E-state index contributed by atoms with van der Waals surface area (Å²) in [6, 6.07) is 22.6. The molecule has 244 valence electrons. The van der Waals surface area contributed by atoms with Gasteiger partial charge in [0.1, 0.15) is 11.6 Å². The molecule has 0 aromatic heterocycles. The van der Waals surface area contributed by atoms with Crippen molar-refractivity contribution in [1.29, 1.82) is 0 Å². The van der Waals surface area contributed by atoms with E-state index in [-0.39, 0.29) is 30.8 Å². The fourth-order valence-corrected chi connectivity index (χ4v) is 8.21. The molecular weight excluding hydrogens is 590 g/mol. The number of aliphatic hydroxyl groups is 1. The first-order chi connectivity index (χ1) is 22.6. The number of para-hydroxylation sites is 1. The van der Waals surface area contributed by atoms with Gasteiger partial charge in [0.15, 0.2) is 0 Å². The quantitative estimate of drug-likeness (QED) is 0.280. The van der Waals surface area contributed by atoms with Crippen LogP contribution in [-0.4, -0.2) is 64.7 Å². The molecule has 3 saturated heterocycles. The van der Waals surface area contributed by atoms with Crippen molar-refractivity contribution in [2.45, 2.75) is 56.9 Å². The number of fused-ring (bicyclic) bond motifs is 1. The second-order valence-corrected chi connectivity index (χ2v) is 13.2. The summed E-state index contributed by atoms with van der Waals surface area (Å²) in [5, 5.41) is 10.9. The average Bonchev–Trinajstić information content (AvgIpc) is 3.65. The van der Waals surface area contributed by atoms with Crippen LogP contribution in [0.15, 0.2) is 104 Å². The van der Waals surface area contributed by atoms with E-state index in [0.29, 0.717) is 24.1 Å². The zero-order chi connectivity index (χ0) is 33.5. The average molecular weight is 634 g/mol. The third-order valence-electron chi connectivity index (χ3n) is 10.3. The number of ether oxygens (including phenoxy) is 1. The third-order valence-corrected chi connectivity index (χ3v) is 10.3. The predicted octanol–water partition coefficient (Wildman–Crippen LogP) is 5.54. The second kappa shape index (κ2) is 12.6. The molecule has 8 nitrogen and oxygen atoms in total. The lowest BCUT2D eigenvalue weighted by Gasteiger charge is -2.40. The van der Waals surface area contributed by atoms with E-state index < -0.39 is 41.7 Å². The maximum absolute atomic E-state index is 15.2. The molecule has 1 N–H and O–H groups in total. The highest BCUT2D eigenvalue weighted by molar-refractivity contribution is 6.07. The molecule has 3 fully saturated rings. The van der Waals surface area contributed by atoms with E-state index in [2.05, 4.69) is 13.2 Å². The Labute approximate surface area is 276 Å². The highest BCUT2D eigenvalue weighted by Crippen LogP contribution is 2.64. The molecule has 3 aromatic rings. The van der Waals surface area contributed by atoms with Crippen molar-refractivity contribution in [3.63, 3.8) is 0 Å². The molecule has 0 aliphatic carbocycles. The Morgan fingerprint density at radius 3 is 2.23 bits per heavy atom. The normalized spacial score (nSPS) is 26.5. The van der Waals surface area contributed by atoms with E-state index in [9.17, 15) is 9.90 Å². The van der Waals surface area contributed by atoms with Crippen LogP contribution >= 0.6 is 0 Å². The summed E-state index contributed by atoms with van der Waals surface area (Å²) in [5.74, 6) is -2.72. The smallest absolute Gasteiger partial charge is 0.253 e. The first kappa shape index (κ1) is 32.4. The number of anilines is 2. The maximum atomic E-state index is 15.2. The van der Waals surface area contributed by atoms with Gasteiger partial charge in [-0.25, -0.2) is 0 Å². The van der Waals surface area contributed by atoms with Crippen molar-refractivity contribution in [3.05, 3.63) is 121 Å². The number of amides is 3. The molecule has 0 radical (unpaired) electrons. The van der Waals surface area contributed by atoms with E-state index in [1.807, 2.05) is 99.6 Å². The number of hydrogen-bond acceptors (Lipinski definition) is 5. The zero-order valence-corrected chi connectivity index (χ0v) is 27.3. The lowest BCUT2D eigenvalue weighted by Crippen LogP contribution is -2.57. The van der Waals surface area contributed by atoms with Gasteiger partial charge in [0.05, 0.1) is 30.1 Å². The second-order valence-electron chi connectivity index (χ2n) is 13.2. The zero-order valence-electron chi connectivity index (χ0n) is 27.3. The number of rotatable bonds is 11. The van der Waals surface area contributed by atoms with Crippen LogP contribution in [0.1, 0.15) is 42.5 Å². The lowest BCUT2D eigenvalue weighted by atomic mass is 9.66. The minimum absolute atomic E-state index is 0.207. The first-order valence-corrected chi connectivity index (χ1v) is 16.3. The van der Waals surface area contributed by atoms with Crippen LogP contribution in [-0.2, 0) is 19.1 Å². The predicted molar refractivity (Wildman–Crippen MR) is 183 cm³/mol. The monoisotopic (exact) mass is 633 g/mol. The molecule has 3 aliphatic heterocycles. The number of benzene rings is 3. The Morgan fingerprint density at radius 1 is 0.957 bits per heavy atom. The maximum Gasteiger partial charge on any atom is 0.253 e. The van der Waals surface area contributed by atoms with E-state index >= 15 is 9.59 Å². The number of nitrogens with zero attached hydrogens (tertiary/aromatic N) is 3. The summed E-state index contributed by atoms with van der Waals surface area (Å²) < 4.78 is 6.96. The first-order valence-electron chi connectivity index (χ1n) is 16.3. The molecular formula is C39H43N3O5. The van der Waals surface area contributed by atoms with E-state index in [1.165, 1.54) is 4.90 Å². The van der Waals surface area contributed by atoms with Gasteiger partial charge in [0.2, 0.25) is 11.8 Å².